The van der Waals surface area contributed by atoms with Gasteiger partial charge in [0.15, 0.2) is 0 Å². The molecule has 0 saturated heterocycles. The van der Waals surface area contributed by atoms with Crippen LogP contribution in [0.25, 0.3) is 0 Å². The van der Waals surface area contributed by atoms with Crippen LogP contribution in [0.15, 0.2) is 12.5 Å². The van der Waals surface area contributed by atoms with Gasteiger partial charge in [0.25, 0.3) is 5.91 Å². The van der Waals surface area contributed by atoms with Crippen molar-refractivity contribution in [2.24, 2.45) is 0 Å². The third kappa shape index (κ3) is 4.92. The maximum atomic E-state index is 12.2. The second-order valence-corrected chi connectivity index (χ2v) is 2.89. The maximum absolute atomic E-state index is 12.2. The summed E-state index contributed by atoms with van der Waals surface area (Å²) >= 11 is 0. The second-order valence-electron chi connectivity index (χ2n) is 2.89. The van der Waals surface area contributed by atoms with E-state index in [2.05, 4.69) is 15.3 Å². The van der Waals surface area contributed by atoms with Crippen LogP contribution in [0, 0.1) is 0 Å². The van der Waals surface area contributed by atoms with E-state index in [1.54, 1.807) is 0 Å². The summed E-state index contributed by atoms with van der Waals surface area (Å²) < 4.78 is 36.5. The third-order valence-electron chi connectivity index (χ3n) is 1.68. The Balaban J connectivity index is 0.00000225. The first kappa shape index (κ1) is 16.0. The molecule has 0 radical (unpaired) electrons. The Bertz CT molecular complexity index is 374. The van der Waals surface area contributed by atoms with Gasteiger partial charge in [0, 0.05) is 13.2 Å². The average Bonchev–Trinajstić information content (AvgIpc) is 2.15. The fourth-order valence-electron chi connectivity index (χ4n) is 1.08. The minimum atomic E-state index is -5.00. The number of halogens is 3. The zero-order valence-electron chi connectivity index (χ0n) is 8.88. The van der Waals surface area contributed by atoms with E-state index in [1.165, 1.54) is 7.05 Å². The molecular formula is C7H8BF3KN3O. The van der Waals surface area contributed by atoms with Crippen LogP contribution >= 0.6 is 0 Å². The molecule has 9 heteroatoms. The number of hydrogen-bond donors (Lipinski definition) is 1. The van der Waals surface area contributed by atoms with Crippen molar-refractivity contribution in [3.8, 4) is 0 Å². The van der Waals surface area contributed by atoms with Crippen LogP contribution < -0.4 is 56.7 Å². The zero-order chi connectivity index (χ0) is 11.5. The van der Waals surface area contributed by atoms with Crippen LogP contribution in [0.1, 0.15) is 16.1 Å². The van der Waals surface area contributed by atoms with Crippen LogP contribution in [0.3, 0.4) is 0 Å². The van der Waals surface area contributed by atoms with Crippen LogP contribution in [0.2, 0.25) is 0 Å². The van der Waals surface area contributed by atoms with Gasteiger partial charge in [-0.05, 0) is 5.56 Å². The molecule has 1 heterocycles. The summed E-state index contributed by atoms with van der Waals surface area (Å²) in [7, 11) is 1.33. The number of carbonyl (C=O) groups is 1. The van der Waals surface area contributed by atoms with Crippen LogP contribution in [-0.4, -0.2) is 29.9 Å². The summed E-state index contributed by atoms with van der Waals surface area (Å²) in [5, 5.41) is 2.22. The topological polar surface area (TPSA) is 54.9 Å². The van der Waals surface area contributed by atoms with Crippen molar-refractivity contribution in [1.82, 2.24) is 15.3 Å². The van der Waals surface area contributed by atoms with E-state index in [0.29, 0.717) is 0 Å². The fraction of sp³-hybridized carbons (Fsp3) is 0.286. The van der Waals surface area contributed by atoms with Gasteiger partial charge < -0.3 is 18.3 Å². The number of amides is 1. The van der Waals surface area contributed by atoms with Gasteiger partial charge in [0.05, 0.1) is 0 Å². The standard InChI is InChI=1S/C7H8BF3N3O.K/c1-12-7(15)6-5(2-8(9,10)11)3-13-4-14-6;/h3-4H,2H2,1H3,(H,12,15);/q-1;+1. The van der Waals surface area contributed by atoms with E-state index >= 15 is 0 Å². The van der Waals surface area contributed by atoms with E-state index in [4.69, 9.17) is 0 Å². The second kappa shape index (κ2) is 6.70. The number of aromatic nitrogens is 2. The van der Waals surface area contributed by atoms with Gasteiger partial charge in [-0.3, -0.25) is 4.79 Å². The number of rotatable bonds is 3. The molecule has 1 rings (SSSR count). The molecule has 1 amide bonds. The van der Waals surface area contributed by atoms with E-state index in [1.807, 2.05) is 0 Å². The molecule has 1 N–H and O–H groups in total. The Morgan fingerprint density at radius 2 is 2.12 bits per heavy atom. The normalized spacial score (nSPS) is 10.5. The first-order valence-corrected chi connectivity index (χ1v) is 4.16. The van der Waals surface area contributed by atoms with Gasteiger partial charge in [-0.1, -0.05) is 6.32 Å². The average molecular weight is 257 g/mol. The number of carbonyl (C=O) groups excluding carboxylic acids is 1. The van der Waals surface area contributed by atoms with Crippen LogP contribution in [-0.2, 0) is 6.32 Å². The van der Waals surface area contributed by atoms with Crippen molar-refractivity contribution in [2.45, 2.75) is 6.32 Å². The van der Waals surface area contributed by atoms with E-state index < -0.39 is 19.2 Å². The minimum Gasteiger partial charge on any atom is -0.449 e. The maximum Gasteiger partial charge on any atom is 1.00 e. The Morgan fingerprint density at radius 3 is 2.62 bits per heavy atom. The van der Waals surface area contributed by atoms with Crippen molar-refractivity contribution in [3.05, 3.63) is 23.8 Å². The van der Waals surface area contributed by atoms with Crippen molar-refractivity contribution < 1.29 is 69.1 Å². The first-order valence-electron chi connectivity index (χ1n) is 4.16. The minimum absolute atomic E-state index is 0. The van der Waals surface area contributed by atoms with Crippen LogP contribution in [0.4, 0.5) is 12.9 Å². The van der Waals surface area contributed by atoms with Gasteiger partial charge >= 0.3 is 58.4 Å². The fourth-order valence-corrected chi connectivity index (χ4v) is 1.08. The molecule has 0 aliphatic heterocycles. The summed E-state index contributed by atoms with van der Waals surface area (Å²) in [4.78, 5) is 18.1. The van der Waals surface area contributed by atoms with Crippen molar-refractivity contribution in [1.29, 1.82) is 0 Å². The zero-order valence-corrected chi connectivity index (χ0v) is 12.0. The van der Waals surface area contributed by atoms with Gasteiger partial charge in [0.1, 0.15) is 12.0 Å². The summed E-state index contributed by atoms with van der Waals surface area (Å²) in [5.41, 5.74) is -0.434. The molecule has 0 atom stereocenters. The first-order chi connectivity index (χ1) is 6.94. The predicted octanol–water partition coefficient (Wildman–Crippen LogP) is -2.23. The molecule has 0 aliphatic carbocycles. The molecule has 0 spiro atoms. The summed E-state index contributed by atoms with van der Waals surface area (Å²) in [6, 6.07) is 0. The molecule has 0 aliphatic rings. The van der Waals surface area contributed by atoms with Gasteiger partial charge in [-0.25, -0.2) is 9.97 Å². The molecule has 1 aromatic heterocycles. The smallest absolute Gasteiger partial charge is 0.449 e. The van der Waals surface area contributed by atoms with E-state index in [-0.39, 0.29) is 62.6 Å². The van der Waals surface area contributed by atoms with Gasteiger partial charge in [-0.15, -0.1) is 0 Å². The molecular weight excluding hydrogens is 249 g/mol. The molecule has 0 bridgehead atoms. The van der Waals surface area contributed by atoms with E-state index in [9.17, 15) is 17.7 Å². The van der Waals surface area contributed by atoms with Crippen molar-refractivity contribution >= 4 is 12.9 Å². The molecule has 0 unspecified atom stereocenters. The van der Waals surface area contributed by atoms with E-state index in [0.717, 1.165) is 12.5 Å². The Labute approximate surface area is 133 Å². The summed E-state index contributed by atoms with van der Waals surface area (Å²) in [6.07, 6.45) is 0.897. The SMILES string of the molecule is CNC(=O)c1ncncc1C[B-](F)(F)F.[K+]. The number of nitrogens with zero attached hydrogens (tertiary/aromatic N) is 2. The van der Waals surface area contributed by atoms with Gasteiger partial charge in [0.2, 0.25) is 0 Å². The summed E-state index contributed by atoms with van der Waals surface area (Å²) in [6.45, 7) is -5.00. The number of nitrogens with one attached hydrogen (secondary N) is 1. The third-order valence-corrected chi connectivity index (χ3v) is 1.68. The van der Waals surface area contributed by atoms with Crippen molar-refractivity contribution in [3.63, 3.8) is 0 Å². The molecule has 82 valence electrons. The van der Waals surface area contributed by atoms with Gasteiger partial charge in [-0.2, -0.15) is 0 Å². The monoisotopic (exact) mass is 257 g/mol. The Kier molecular flexibility index (Phi) is 6.72. The van der Waals surface area contributed by atoms with Crippen molar-refractivity contribution in [2.75, 3.05) is 7.05 Å². The molecule has 4 nitrogen and oxygen atoms in total. The van der Waals surface area contributed by atoms with Crippen LogP contribution in [0.5, 0.6) is 0 Å². The molecule has 1 aromatic rings. The molecule has 0 saturated carbocycles. The predicted molar refractivity (Wildman–Crippen MR) is 48.2 cm³/mol. The molecule has 0 fully saturated rings. The molecule has 0 aromatic carbocycles. The summed E-state index contributed by atoms with van der Waals surface area (Å²) in [5.74, 6) is -0.646. The molecule has 16 heavy (non-hydrogen) atoms. The Hall–Kier alpha value is 0.0413. The quantitative estimate of drug-likeness (QED) is 0.623. The Morgan fingerprint density at radius 1 is 1.50 bits per heavy atom. The largest absolute Gasteiger partial charge is 1.00 e. The number of hydrogen-bond acceptors (Lipinski definition) is 3.